The summed E-state index contributed by atoms with van der Waals surface area (Å²) < 4.78 is 10.5. The number of amides is 1. The molecule has 0 aliphatic carbocycles. The monoisotopic (exact) mass is 292 g/mol. The molecule has 0 spiro atoms. The van der Waals surface area contributed by atoms with Gasteiger partial charge in [0.15, 0.2) is 0 Å². The van der Waals surface area contributed by atoms with Gasteiger partial charge in [0.2, 0.25) is 5.91 Å². The van der Waals surface area contributed by atoms with Crippen LogP contribution >= 0.6 is 0 Å². The molecule has 5 nitrogen and oxygen atoms in total. The lowest BCUT2D eigenvalue weighted by molar-refractivity contribution is -0.121. The van der Waals surface area contributed by atoms with Crippen molar-refractivity contribution in [2.24, 2.45) is 0 Å². The number of carbonyl (C=O) groups is 1. The topological polar surface area (TPSA) is 59.6 Å². The number of ether oxygens (including phenoxy) is 2. The van der Waals surface area contributed by atoms with Crippen LogP contribution in [0.15, 0.2) is 24.3 Å². The minimum absolute atomic E-state index is 0.0386. The molecule has 1 fully saturated rings. The highest BCUT2D eigenvalue weighted by atomic mass is 16.5. The first-order chi connectivity index (χ1) is 10.2. The van der Waals surface area contributed by atoms with Crippen LogP contribution in [0.2, 0.25) is 0 Å². The number of nitrogens with one attached hydrogen (secondary N) is 2. The van der Waals surface area contributed by atoms with Crippen LogP contribution in [0.1, 0.15) is 31.4 Å². The molecule has 1 amide bonds. The van der Waals surface area contributed by atoms with Crippen molar-refractivity contribution in [3.63, 3.8) is 0 Å². The molecular weight excluding hydrogens is 268 g/mol. The van der Waals surface area contributed by atoms with Crippen molar-refractivity contribution >= 4 is 5.91 Å². The van der Waals surface area contributed by atoms with Gasteiger partial charge >= 0.3 is 0 Å². The molecule has 1 saturated heterocycles. The van der Waals surface area contributed by atoms with E-state index in [2.05, 4.69) is 10.6 Å². The lowest BCUT2D eigenvalue weighted by atomic mass is 10.1. The molecule has 0 radical (unpaired) electrons. The smallest absolute Gasteiger partial charge is 0.234 e. The fraction of sp³-hybridized carbons (Fsp3) is 0.562. The molecule has 1 aromatic rings. The van der Waals surface area contributed by atoms with Crippen molar-refractivity contribution in [1.82, 2.24) is 10.6 Å². The minimum Gasteiger partial charge on any atom is -0.497 e. The van der Waals surface area contributed by atoms with E-state index in [1.807, 2.05) is 31.2 Å². The summed E-state index contributed by atoms with van der Waals surface area (Å²) in [6.45, 7) is 3.82. The maximum absolute atomic E-state index is 11.9. The third kappa shape index (κ3) is 5.02. The molecule has 21 heavy (non-hydrogen) atoms. The minimum atomic E-state index is 0.0386. The van der Waals surface area contributed by atoms with Gasteiger partial charge in [0.25, 0.3) is 0 Å². The van der Waals surface area contributed by atoms with Gasteiger partial charge in [-0.15, -0.1) is 0 Å². The number of methoxy groups -OCH3 is 1. The largest absolute Gasteiger partial charge is 0.497 e. The summed E-state index contributed by atoms with van der Waals surface area (Å²) >= 11 is 0. The fourth-order valence-corrected chi connectivity index (χ4v) is 2.40. The van der Waals surface area contributed by atoms with Gasteiger partial charge in [0, 0.05) is 25.3 Å². The summed E-state index contributed by atoms with van der Waals surface area (Å²) in [5, 5.41) is 6.28. The molecule has 5 heteroatoms. The molecule has 1 atom stereocenters. The number of hydrogen-bond donors (Lipinski definition) is 2. The van der Waals surface area contributed by atoms with Gasteiger partial charge in [0.05, 0.1) is 13.7 Å². The van der Waals surface area contributed by atoms with Crippen LogP contribution in [0.4, 0.5) is 0 Å². The van der Waals surface area contributed by atoms with Crippen LogP contribution in [0.3, 0.4) is 0 Å². The summed E-state index contributed by atoms with van der Waals surface area (Å²) in [4.78, 5) is 11.9. The zero-order chi connectivity index (χ0) is 15.1. The molecule has 0 bridgehead atoms. The molecule has 0 aromatic heterocycles. The zero-order valence-corrected chi connectivity index (χ0v) is 12.7. The van der Waals surface area contributed by atoms with Crippen molar-refractivity contribution in [3.05, 3.63) is 29.8 Å². The van der Waals surface area contributed by atoms with Crippen molar-refractivity contribution in [1.29, 1.82) is 0 Å². The number of benzene rings is 1. The fourth-order valence-electron chi connectivity index (χ4n) is 2.40. The Morgan fingerprint density at radius 2 is 2.19 bits per heavy atom. The molecule has 1 aliphatic rings. The van der Waals surface area contributed by atoms with Gasteiger partial charge in [-0.1, -0.05) is 12.1 Å². The van der Waals surface area contributed by atoms with E-state index in [0.717, 1.165) is 37.4 Å². The summed E-state index contributed by atoms with van der Waals surface area (Å²) in [6.07, 6.45) is 1.80. The molecule has 116 valence electrons. The second-order valence-electron chi connectivity index (χ2n) is 5.33. The summed E-state index contributed by atoms with van der Waals surface area (Å²) in [5.41, 5.74) is 1.10. The number of hydrogen-bond acceptors (Lipinski definition) is 4. The Labute approximate surface area is 126 Å². The van der Waals surface area contributed by atoms with Crippen molar-refractivity contribution in [2.45, 2.75) is 31.8 Å². The highest BCUT2D eigenvalue weighted by Crippen LogP contribution is 2.18. The maximum atomic E-state index is 11.9. The molecule has 1 heterocycles. The molecule has 0 unspecified atom stereocenters. The SMILES string of the molecule is COc1cccc([C@@H](C)NCC(=O)NC2CCOCC2)c1. The van der Waals surface area contributed by atoms with Crippen molar-refractivity contribution in [3.8, 4) is 5.75 Å². The standard InChI is InChI=1S/C16H24N2O3/c1-12(13-4-3-5-15(10-13)20-2)17-11-16(19)18-14-6-8-21-9-7-14/h3-5,10,12,14,17H,6-9,11H2,1-2H3,(H,18,19)/t12-/m1/s1. The maximum Gasteiger partial charge on any atom is 0.234 e. The highest BCUT2D eigenvalue weighted by molar-refractivity contribution is 5.78. The van der Waals surface area contributed by atoms with E-state index < -0.39 is 0 Å². The molecule has 0 saturated carbocycles. The predicted molar refractivity (Wildman–Crippen MR) is 81.4 cm³/mol. The van der Waals surface area contributed by atoms with E-state index in [1.54, 1.807) is 7.11 Å². The second kappa shape index (κ2) is 8.00. The Kier molecular flexibility index (Phi) is 6.02. The average molecular weight is 292 g/mol. The van der Waals surface area contributed by atoms with E-state index in [0.29, 0.717) is 6.54 Å². The normalized spacial score (nSPS) is 17.2. The van der Waals surface area contributed by atoms with E-state index in [4.69, 9.17) is 9.47 Å². The third-order valence-corrected chi connectivity index (χ3v) is 3.75. The Hall–Kier alpha value is -1.59. The first-order valence-electron chi connectivity index (χ1n) is 7.43. The number of carbonyl (C=O) groups excluding carboxylic acids is 1. The van der Waals surface area contributed by atoms with Gasteiger partial charge in [-0.25, -0.2) is 0 Å². The third-order valence-electron chi connectivity index (χ3n) is 3.75. The first kappa shape index (κ1) is 15.8. The summed E-state index contributed by atoms with van der Waals surface area (Å²) in [6, 6.07) is 8.22. The molecular formula is C16H24N2O3. The lowest BCUT2D eigenvalue weighted by Crippen LogP contribution is -2.43. The summed E-state index contributed by atoms with van der Waals surface area (Å²) in [7, 11) is 1.65. The highest BCUT2D eigenvalue weighted by Gasteiger charge is 2.16. The van der Waals surface area contributed by atoms with Crippen LogP contribution in [0, 0.1) is 0 Å². The summed E-state index contributed by atoms with van der Waals surface area (Å²) in [5.74, 6) is 0.865. The Morgan fingerprint density at radius 1 is 1.43 bits per heavy atom. The average Bonchev–Trinajstić information content (AvgIpc) is 2.53. The molecule has 2 N–H and O–H groups in total. The molecule has 2 rings (SSSR count). The molecule has 1 aromatic carbocycles. The lowest BCUT2D eigenvalue weighted by Gasteiger charge is -2.23. The van der Waals surface area contributed by atoms with Gasteiger partial charge in [0.1, 0.15) is 5.75 Å². The van der Waals surface area contributed by atoms with Gasteiger partial charge in [-0.3, -0.25) is 4.79 Å². The second-order valence-corrected chi connectivity index (χ2v) is 5.33. The van der Waals surface area contributed by atoms with Crippen LogP contribution in [0.5, 0.6) is 5.75 Å². The van der Waals surface area contributed by atoms with Crippen molar-refractivity contribution < 1.29 is 14.3 Å². The van der Waals surface area contributed by atoms with Crippen LogP contribution < -0.4 is 15.4 Å². The molecule has 1 aliphatic heterocycles. The van der Waals surface area contributed by atoms with E-state index in [-0.39, 0.29) is 18.0 Å². The van der Waals surface area contributed by atoms with Gasteiger partial charge in [-0.2, -0.15) is 0 Å². The van der Waals surface area contributed by atoms with E-state index in [1.165, 1.54) is 0 Å². The quantitative estimate of drug-likeness (QED) is 0.837. The first-order valence-corrected chi connectivity index (χ1v) is 7.43. The van der Waals surface area contributed by atoms with Crippen LogP contribution in [-0.4, -0.2) is 38.8 Å². The van der Waals surface area contributed by atoms with E-state index in [9.17, 15) is 4.79 Å². The number of rotatable bonds is 6. The Morgan fingerprint density at radius 3 is 2.90 bits per heavy atom. The predicted octanol–water partition coefficient (Wildman–Crippen LogP) is 1.64. The Balaban J connectivity index is 1.77. The van der Waals surface area contributed by atoms with Crippen LogP contribution in [-0.2, 0) is 9.53 Å². The zero-order valence-electron chi connectivity index (χ0n) is 12.7. The van der Waals surface area contributed by atoms with Gasteiger partial charge < -0.3 is 20.1 Å². The van der Waals surface area contributed by atoms with Crippen molar-refractivity contribution in [2.75, 3.05) is 26.9 Å². The van der Waals surface area contributed by atoms with Gasteiger partial charge in [-0.05, 0) is 37.5 Å². The Bertz CT molecular complexity index is 459. The van der Waals surface area contributed by atoms with Crippen LogP contribution in [0.25, 0.3) is 0 Å². The van der Waals surface area contributed by atoms with E-state index >= 15 is 0 Å².